The molecule has 0 aromatic heterocycles. The van der Waals surface area contributed by atoms with Crippen molar-refractivity contribution in [3.05, 3.63) is 57.6 Å². The number of hydrogen-bond acceptors (Lipinski definition) is 8. The molecule has 1 saturated heterocycles. The summed E-state index contributed by atoms with van der Waals surface area (Å²) in [4.78, 5) is 14.6. The minimum Gasteiger partial charge on any atom is -0.490 e. The van der Waals surface area contributed by atoms with Gasteiger partial charge in [-0.15, -0.1) is 0 Å². The fraction of sp³-hybridized carbons (Fsp3) is 0.581. The molecule has 2 aliphatic heterocycles. The number of rotatable bonds is 10. The molecule has 1 unspecified atom stereocenters. The summed E-state index contributed by atoms with van der Waals surface area (Å²) in [6, 6.07) is 12.2. The summed E-state index contributed by atoms with van der Waals surface area (Å²) in [5.41, 5.74) is 2.56. The Morgan fingerprint density at radius 2 is 1.80 bits per heavy atom. The second-order valence-electron chi connectivity index (χ2n) is 11.6. The van der Waals surface area contributed by atoms with Crippen LogP contribution in [0.4, 0.5) is 0 Å². The average Bonchev–Trinajstić information content (AvgIpc) is 2.92. The maximum atomic E-state index is 12.1. The molecule has 2 heterocycles. The van der Waals surface area contributed by atoms with Crippen LogP contribution in [0.15, 0.2) is 40.9 Å². The summed E-state index contributed by atoms with van der Waals surface area (Å²) in [7, 11) is 3.09. The van der Waals surface area contributed by atoms with Crippen molar-refractivity contribution in [2.24, 2.45) is 5.92 Å². The number of carbonyl (C=O) groups excluding carboxylic acids is 1. The zero-order valence-electron chi connectivity index (χ0n) is 24.2. The standard InChI is InChI=1S/C31H42BrNO7/c1-30(2,3)40-29(35)20-39-27-18-23(6-8-25(27)32)16-22-11-14-33(15-12-22)13-10-21-7-9-26-24(17-21)31(36-4,37-5)28(34)19-38-26/h6-9,17-18,22,28,34H,10-16,19-20H2,1-5H3. The van der Waals surface area contributed by atoms with Gasteiger partial charge >= 0.3 is 5.97 Å². The van der Waals surface area contributed by atoms with Gasteiger partial charge in [-0.2, -0.15) is 0 Å². The lowest BCUT2D eigenvalue weighted by atomic mass is 9.90. The van der Waals surface area contributed by atoms with Crippen molar-refractivity contribution in [2.45, 2.75) is 63.9 Å². The summed E-state index contributed by atoms with van der Waals surface area (Å²) in [5, 5.41) is 10.5. The van der Waals surface area contributed by atoms with Crippen LogP contribution in [0.2, 0.25) is 0 Å². The van der Waals surface area contributed by atoms with E-state index in [1.165, 1.54) is 5.56 Å². The van der Waals surface area contributed by atoms with Crippen molar-refractivity contribution < 1.29 is 33.6 Å². The third kappa shape index (κ3) is 7.56. The first kappa shape index (κ1) is 30.8. The Bertz CT molecular complexity index is 1150. The largest absolute Gasteiger partial charge is 0.490 e. The van der Waals surface area contributed by atoms with Gasteiger partial charge in [-0.3, -0.25) is 0 Å². The quantitative estimate of drug-likeness (QED) is 0.298. The van der Waals surface area contributed by atoms with Crippen LogP contribution in [-0.4, -0.2) is 74.7 Å². The summed E-state index contributed by atoms with van der Waals surface area (Å²) in [6.45, 7) is 8.61. The van der Waals surface area contributed by atoms with Crippen molar-refractivity contribution in [1.29, 1.82) is 0 Å². The van der Waals surface area contributed by atoms with E-state index in [2.05, 4.69) is 33.0 Å². The molecule has 0 radical (unpaired) electrons. The highest BCUT2D eigenvalue weighted by Gasteiger charge is 2.46. The molecule has 0 aliphatic carbocycles. The van der Waals surface area contributed by atoms with Crippen LogP contribution in [0.25, 0.3) is 0 Å². The lowest BCUT2D eigenvalue weighted by Gasteiger charge is -2.40. The second kappa shape index (κ2) is 13.2. The smallest absolute Gasteiger partial charge is 0.344 e. The Labute approximate surface area is 246 Å². The van der Waals surface area contributed by atoms with Crippen LogP contribution >= 0.6 is 15.9 Å². The monoisotopic (exact) mass is 619 g/mol. The lowest BCUT2D eigenvalue weighted by Crippen LogP contribution is -2.49. The zero-order chi connectivity index (χ0) is 28.9. The minimum absolute atomic E-state index is 0.118. The number of methoxy groups -OCH3 is 2. The number of ether oxygens (including phenoxy) is 5. The lowest BCUT2D eigenvalue weighted by molar-refractivity contribution is -0.281. The fourth-order valence-electron chi connectivity index (χ4n) is 5.49. The SMILES string of the molecule is COC1(OC)c2cc(CCN3CCC(Cc4ccc(Br)c(OCC(=O)OC(C)(C)C)c4)CC3)ccc2OCC1O. The maximum Gasteiger partial charge on any atom is 0.344 e. The number of piperidine rings is 1. The first-order chi connectivity index (χ1) is 19.0. The van der Waals surface area contributed by atoms with Gasteiger partial charge < -0.3 is 33.7 Å². The van der Waals surface area contributed by atoms with Crippen molar-refractivity contribution in [3.63, 3.8) is 0 Å². The third-order valence-corrected chi connectivity index (χ3v) is 8.23. The number of aliphatic hydroxyl groups excluding tert-OH is 1. The molecule has 40 heavy (non-hydrogen) atoms. The molecule has 1 atom stereocenters. The van der Waals surface area contributed by atoms with Crippen LogP contribution in [-0.2, 0) is 37.6 Å². The molecule has 1 fully saturated rings. The maximum absolute atomic E-state index is 12.1. The normalized spacial score (nSPS) is 19.5. The molecule has 2 aromatic carbocycles. The minimum atomic E-state index is -1.21. The first-order valence-electron chi connectivity index (χ1n) is 13.9. The van der Waals surface area contributed by atoms with E-state index in [0.29, 0.717) is 17.4 Å². The Hall–Kier alpha value is -2.17. The number of likely N-dealkylation sites (tertiary alicyclic amines) is 1. The van der Waals surface area contributed by atoms with E-state index in [9.17, 15) is 9.90 Å². The van der Waals surface area contributed by atoms with E-state index in [4.69, 9.17) is 23.7 Å². The fourth-order valence-corrected chi connectivity index (χ4v) is 5.85. The van der Waals surface area contributed by atoms with Crippen LogP contribution in [0, 0.1) is 5.92 Å². The predicted octanol–water partition coefficient (Wildman–Crippen LogP) is 4.87. The topological polar surface area (TPSA) is 86.7 Å². The van der Waals surface area contributed by atoms with Crippen molar-refractivity contribution in [2.75, 3.05) is 47.1 Å². The molecule has 0 amide bonds. The number of aliphatic hydroxyl groups is 1. The molecular weight excluding hydrogens is 578 g/mol. The first-order valence-corrected chi connectivity index (χ1v) is 14.7. The van der Waals surface area contributed by atoms with Crippen LogP contribution in [0.5, 0.6) is 11.5 Å². The number of esters is 1. The highest BCUT2D eigenvalue weighted by atomic mass is 79.9. The highest BCUT2D eigenvalue weighted by Crippen LogP contribution is 2.41. The predicted molar refractivity (Wildman–Crippen MR) is 156 cm³/mol. The van der Waals surface area contributed by atoms with Gasteiger partial charge in [0.15, 0.2) is 6.61 Å². The second-order valence-corrected chi connectivity index (χ2v) is 12.5. The van der Waals surface area contributed by atoms with E-state index in [1.807, 2.05) is 45.0 Å². The van der Waals surface area contributed by atoms with Crippen LogP contribution in [0.1, 0.15) is 50.3 Å². The van der Waals surface area contributed by atoms with Gasteiger partial charge in [0.1, 0.15) is 29.8 Å². The number of hydrogen-bond donors (Lipinski definition) is 1. The summed E-state index contributed by atoms with van der Waals surface area (Å²) < 4.78 is 28.9. The highest BCUT2D eigenvalue weighted by molar-refractivity contribution is 9.10. The van der Waals surface area contributed by atoms with E-state index < -0.39 is 17.5 Å². The molecule has 9 heteroatoms. The number of benzene rings is 2. The third-order valence-electron chi connectivity index (χ3n) is 7.57. The molecule has 0 bridgehead atoms. The Balaban J connectivity index is 1.27. The Kier molecular flexibility index (Phi) is 10.2. The van der Waals surface area contributed by atoms with Crippen LogP contribution in [0.3, 0.4) is 0 Å². The molecular formula is C31H42BrNO7. The Morgan fingerprint density at radius 3 is 2.48 bits per heavy atom. The molecule has 0 spiro atoms. The number of halogens is 1. The Morgan fingerprint density at radius 1 is 1.10 bits per heavy atom. The molecule has 2 aromatic rings. The molecule has 4 rings (SSSR count). The van der Waals surface area contributed by atoms with Gasteiger partial charge in [-0.1, -0.05) is 12.1 Å². The van der Waals surface area contributed by atoms with Gasteiger partial charge in [-0.05, 0) is 117 Å². The molecule has 1 N–H and O–H groups in total. The molecule has 8 nitrogen and oxygen atoms in total. The number of carbonyl (C=O) groups is 1. The molecule has 220 valence electrons. The summed E-state index contributed by atoms with van der Waals surface area (Å²) >= 11 is 3.53. The van der Waals surface area contributed by atoms with E-state index in [-0.39, 0.29) is 19.2 Å². The zero-order valence-corrected chi connectivity index (χ0v) is 25.8. The van der Waals surface area contributed by atoms with Gasteiger partial charge in [0.2, 0.25) is 5.79 Å². The molecule has 2 aliphatic rings. The van der Waals surface area contributed by atoms with Gasteiger partial charge in [-0.25, -0.2) is 4.79 Å². The summed E-state index contributed by atoms with van der Waals surface area (Å²) in [6.07, 6.45) is 3.23. The van der Waals surface area contributed by atoms with E-state index in [0.717, 1.165) is 60.9 Å². The van der Waals surface area contributed by atoms with Gasteiger partial charge in [0.25, 0.3) is 0 Å². The van der Waals surface area contributed by atoms with Crippen molar-refractivity contribution >= 4 is 21.9 Å². The number of nitrogens with zero attached hydrogens (tertiary/aromatic N) is 1. The van der Waals surface area contributed by atoms with Crippen LogP contribution < -0.4 is 9.47 Å². The van der Waals surface area contributed by atoms with Gasteiger partial charge in [0, 0.05) is 20.8 Å². The molecule has 0 saturated carbocycles. The van der Waals surface area contributed by atoms with E-state index >= 15 is 0 Å². The van der Waals surface area contributed by atoms with Crippen molar-refractivity contribution in [1.82, 2.24) is 4.90 Å². The van der Waals surface area contributed by atoms with Gasteiger partial charge in [0.05, 0.1) is 10.0 Å². The number of fused-ring (bicyclic) bond motifs is 1. The average molecular weight is 621 g/mol. The van der Waals surface area contributed by atoms with Crippen molar-refractivity contribution in [3.8, 4) is 11.5 Å². The summed E-state index contributed by atoms with van der Waals surface area (Å²) in [5.74, 6) is 0.354. The van der Waals surface area contributed by atoms with E-state index in [1.54, 1.807) is 14.2 Å².